The maximum atomic E-state index is 11.6. The Morgan fingerprint density at radius 1 is 1.20 bits per heavy atom. The lowest BCUT2D eigenvalue weighted by atomic mass is 9.99. The quantitative estimate of drug-likeness (QED) is 0.503. The number of rotatable bonds is 8. The first-order valence-electron chi connectivity index (χ1n) is 7.54. The molecule has 116 valence electrons. The molecule has 1 fully saturated rings. The molecule has 0 amide bonds. The Hall–Kier alpha value is -1.10. The molecule has 1 heterocycles. The minimum atomic E-state index is -0.104. The number of esters is 2. The fourth-order valence-corrected chi connectivity index (χ4v) is 2.72. The second-order valence-electron chi connectivity index (χ2n) is 5.48. The third kappa shape index (κ3) is 5.49. The van der Waals surface area contributed by atoms with Crippen molar-refractivity contribution in [2.45, 2.75) is 39.5 Å². The lowest BCUT2D eigenvalue weighted by Gasteiger charge is -2.14. The Kier molecular flexibility index (Phi) is 7.59. The summed E-state index contributed by atoms with van der Waals surface area (Å²) in [4.78, 5) is 25.1. The second-order valence-corrected chi connectivity index (χ2v) is 5.48. The zero-order chi connectivity index (χ0) is 15.0. The lowest BCUT2D eigenvalue weighted by Crippen LogP contribution is -2.25. The van der Waals surface area contributed by atoms with E-state index in [2.05, 4.69) is 11.8 Å². The molecule has 0 radical (unpaired) electrons. The third-order valence-electron chi connectivity index (χ3n) is 3.85. The molecule has 1 saturated heterocycles. The van der Waals surface area contributed by atoms with Crippen LogP contribution in [0.15, 0.2) is 0 Å². The summed E-state index contributed by atoms with van der Waals surface area (Å²) in [5.41, 5.74) is 0. The molecular weight excluding hydrogens is 258 g/mol. The van der Waals surface area contributed by atoms with Gasteiger partial charge in [-0.1, -0.05) is 13.3 Å². The topological polar surface area (TPSA) is 55.8 Å². The van der Waals surface area contributed by atoms with E-state index >= 15 is 0 Å². The number of likely N-dealkylation sites (tertiary alicyclic amines) is 1. The molecule has 0 saturated carbocycles. The van der Waals surface area contributed by atoms with E-state index in [0.717, 1.165) is 38.9 Å². The maximum absolute atomic E-state index is 11.6. The molecule has 0 aliphatic carbocycles. The van der Waals surface area contributed by atoms with Crippen LogP contribution in [0.4, 0.5) is 0 Å². The van der Waals surface area contributed by atoms with Crippen molar-refractivity contribution in [3.63, 3.8) is 0 Å². The summed E-state index contributed by atoms with van der Waals surface area (Å²) in [7, 11) is 1.45. The van der Waals surface area contributed by atoms with Gasteiger partial charge in [-0.2, -0.15) is 0 Å². The molecular formula is C15H27NO4. The Morgan fingerprint density at radius 3 is 2.60 bits per heavy atom. The summed E-state index contributed by atoms with van der Waals surface area (Å²) in [5, 5.41) is 0. The Balaban J connectivity index is 2.12. The smallest absolute Gasteiger partial charge is 0.310 e. The molecule has 0 spiro atoms. The summed E-state index contributed by atoms with van der Waals surface area (Å²) >= 11 is 0. The summed E-state index contributed by atoms with van der Waals surface area (Å²) in [6, 6.07) is 0. The Bertz CT molecular complexity index is 319. The largest absolute Gasteiger partial charge is 0.469 e. The predicted octanol–water partition coefficient (Wildman–Crippen LogP) is 1.85. The Labute approximate surface area is 121 Å². The van der Waals surface area contributed by atoms with Crippen LogP contribution in [0, 0.1) is 11.8 Å². The molecule has 0 bridgehead atoms. The fourth-order valence-electron chi connectivity index (χ4n) is 2.72. The minimum absolute atomic E-state index is 0.0135. The lowest BCUT2D eigenvalue weighted by molar-refractivity contribution is -0.146. The van der Waals surface area contributed by atoms with Crippen molar-refractivity contribution in [2.75, 3.05) is 33.4 Å². The van der Waals surface area contributed by atoms with Crippen molar-refractivity contribution in [3.05, 3.63) is 0 Å². The van der Waals surface area contributed by atoms with Crippen LogP contribution in [0.1, 0.15) is 39.5 Å². The normalized spacial score (nSPS) is 22.8. The van der Waals surface area contributed by atoms with Crippen LogP contribution in [0.5, 0.6) is 0 Å². The van der Waals surface area contributed by atoms with Crippen LogP contribution < -0.4 is 0 Å². The number of carbonyl (C=O) groups is 2. The molecule has 0 aromatic carbocycles. The van der Waals surface area contributed by atoms with Gasteiger partial charge in [0.1, 0.15) is 0 Å². The number of ether oxygens (including phenoxy) is 2. The molecule has 1 aliphatic rings. The molecule has 0 aromatic rings. The van der Waals surface area contributed by atoms with Gasteiger partial charge < -0.3 is 14.4 Å². The molecule has 5 heteroatoms. The summed E-state index contributed by atoms with van der Waals surface area (Å²) in [6.45, 7) is 7.12. The molecule has 2 unspecified atom stereocenters. The molecule has 1 aliphatic heterocycles. The number of hydrogen-bond donors (Lipinski definition) is 0. The van der Waals surface area contributed by atoms with Gasteiger partial charge in [-0.3, -0.25) is 9.59 Å². The van der Waals surface area contributed by atoms with Crippen molar-refractivity contribution in [2.24, 2.45) is 11.8 Å². The SMILES string of the molecule is CCOC(=O)CCCCCN1CC(C)C(C(=O)OC)C1. The van der Waals surface area contributed by atoms with Crippen molar-refractivity contribution >= 4 is 11.9 Å². The van der Waals surface area contributed by atoms with Gasteiger partial charge in [-0.15, -0.1) is 0 Å². The van der Waals surface area contributed by atoms with E-state index in [9.17, 15) is 9.59 Å². The van der Waals surface area contributed by atoms with E-state index in [1.165, 1.54) is 7.11 Å². The van der Waals surface area contributed by atoms with E-state index in [1.807, 2.05) is 6.92 Å². The highest BCUT2D eigenvalue weighted by Gasteiger charge is 2.34. The van der Waals surface area contributed by atoms with Crippen molar-refractivity contribution in [1.82, 2.24) is 4.90 Å². The van der Waals surface area contributed by atoms with E-state index in [1.54, 1.807) is 0 Å². The van der Waals surface area contributed by atoms with Gasteiger partial charge in [0.2, 0.25) is 0 Å². The van der Waals surface area contributed by atoms with Gasteiger partial charge in [0, 0.05) is 19.5 Å². The number of hydrogen-bond acceptors (Lipinski definition) is 5. The highest BCUT2D eigenvalue weighted by molar-refractivity contribution is 5.73. The fraction of sp³-hybridized carbons (Fsp3) is 0.867. The van der Waals surface area contributed by atoms with Gasteiger partial charge in [0.05, 0.1) is 19.6 Å². The summed E-state index contributed by atoms with van der Waals surface area (Å²) < 4.78 is 9.72. The van der Waals surface area contributed by atoms with Gasteiger partial charge in [-0.25, -0.2) is 0 Å². The average Bonchev–Trinajstić information content (AvgIpc) is 2.79. The highest BCUT2D eigenvalue weighted by Crippen LogP contribution is 2.24. The van der Waals surface area contributed by atoms with Gasteiger partial charge in [0.25, 0.3) is 0 Å². The van der Waals surface area contributed by atoms with Crippen LogP contribution in [0.2, 0.25) is 0 Å². The average molecular weight is 285 g/mol. The number of carbonyl (C=O) groups excluding carboxylic acids is 2. The zero-order valence-corrected chi connectivity index (χ0v) is 12.9. The molecule has 5 nitrogen and oxygen atoms in total. The van der Waals surface area contributed by atoms with E-state index in [-0.39, 0.29) is 17.9 Å². The standard InChI is InChI=1S/C15H27NO4/c1-4-20-14(17)8-6-5-7-9-16-10-12(2)13(11-16)15(18)19-3/h12-13H,4-11H2,1-3H3. The monoisotopic (exact) mass is 285 g/mol. The molecule has 20 heavy (non-hydrogen) atoms. The van der Waals surface area contributed by atoms with E-state index < -0.39 is 0 Å². The van der Waals surface area contributed by atoms with Gasteiger partial charge in [-0.05, 0) is 32.2 Å². The maximum Gasteiger partial charge on any atom is 0.310 e. The van der Waals surface area contributed by atoms with Gasteiger partial charge in [0.15, 0.2) is 0 Å². The van der Waals surface area contributed by atoms with E-state index in [4.69, 9.17) is 9.47 Å². The van der Waals surface area contributed by atoms with Crippen LogP contribution in [-0.4, -0.2) is 50.2 Å². The van der Waals surface area contributed by atoms with Crippen molar-refractivity contribution < 1.29 is 19.1 Å². The van der Waals surface area contributed by atoms with Gasteiger partial charge >= 0.3 is 11.9 Å². The van der Waals surface area contributed by atoms with Crippen LogP contribution >= 0.6 is 0 Å². The minimum Gasteiger partial charge on any atom is -0.469 e. The third-order valence-corrected chi connectivity index (χ3v) is 3.85. The first kappa shape index (κ1) is 17.0. The van der Waals surface area contributed by atoms with Crippen molar-refractivity contribution in [3.8, 4) is 0 Å². The number of methoxy groups -OCH3 is 1. The molecule has 0 aromatic heterocycles. The first-order chi connectivity index (χ1) is 9.58. The van der Waals surface area contributed by atoms with Crippen LogP contribution in [-0.2, 0) is 19.1 Å². The molecule has 2 atom stereocenters. The number of nitrogens with zero attached hydrogens (tertiary/aromatic N) is 1. The highest BCUT2D eigenvalue weighted by atomic mass is 16.5. The Morgan fingerprint density at radius 2 is 1.95 bits per heavy atom. The van der Waals surface area contributed by atoms with Crippen LogP contribution in [0.25, 0.3) is 0 Å². The number of unbranched alkanes of at least 4 members (excludes halogenated alkanes) is 2. The van der Waals surface area contributed by atoms with Crippen molar-refractivity contribution in [1.29, 1.82) is 0 Å². The summed E-state index contributed by atoms with van der Waals surface area (Å²) in [6.07, 6.45) is 3.46. The zero-order valence-electron chi connectivity index (χ0n) is 12.9. The molecule has 0 N–H and O–H groups in total. The molecule has 1 rings (SSSR count). The summed E-state index contributed by atoms with van der Waals surface area (Å²) in [5.74, 6) is 0.178. The predicted molar refractivity (Wildman–Crippen MR) is 76.2 cm³/mol. The van der Waals surface area contributed by atoms with E-state index in [0.29, 0.717) is 18.9 Å². The first-order valence-corrected chi connectivity index (χ1v) is 7.54. The second kappa shape index (κ2) is 8.95. The van der Waals surface area contributed by atoms with Crippen LogP contribution in [0.3, 0.4) is 0 Å².